The second kappa shape index (κ2) is 8.45. The number of fused-ring (bicyclic) bond motifs is 1. The molecule has 0 amide bonds. The van der Waals surface area contributed by atoms with E-state index in [9.17, 15) is 0 Å². The lowest BCUT2D eigenvalue weighted by Gasteiger charge is -2.39. The maximum Gasteiger partial charge on any atom is 0.208 e. The lowest BCUT2D eigenvalue weighted by molar-refractivity contribution is 0.154. The number of imidazole rings is 1. The van der Waals surface area contributed by atoms with Crippen LogP contribution in [0.1, 0.15) is 77.0 Å². The number of aromatic nitrogens is 2. The maximum atomic E-state index is 5.11. The fraction of sp³-hybridized carbons (Fsp3) is 0.519. The SMILES string of the molecule is Cc1cccc2c1nc(Nc1ccc(C(C)C)cc1)n2[C@@H]1C[C@H](C)CC[C@H]1C(C)C. The molecule has 0 spiro atoms. The summed E-state index contributed by atoms with van der Waals surface area (Å²) in [4.78, 5) is 5.11. The fourth-order valence-corrected chi connectivity index (χ4v) is 5.21. The fourth-order valence-electron chi connectivity index (χ4n) is 5.21. The molecule has 1 fully saturated rings. The van der Waals surface area contributed by atoms with Crippen molar-refractivity contribution in [1.29, 1.82) is 0 Å². The highest BCUT2D eigenvalue weighted by Crippen LogP contribution is 2.44. The molecule has 1 aromatic heterocycles. The number of para-hydroxylation sites is 1. The van der Waals surface area contributed by atoms with Crippen LogP contribution in [0.5, 0.6) is 0 Å². The van der Waals surface area contributed by atoms with Gasteiger partial charge in [0.25, 0.3) is 0 Å². The van der Waals surface area contributed by atoms with Gasteiger partial charge in [-0.25, -0.2) is 4.98 Å². The summed E-state index contributed by atoms with van der Waals surface area (Å²) in [6, 6.07) is 15.9. The Bertz CT molecular complexity index is 997. The highest BCUT2D eigenvalue weighted by Gasteiger charge is 2.34. The van der Waals surface area contributed by atoms with Gasteiger partial charge in [0.2, 0.25) is 5.95 Å². The molecule has 1 heterocycles. The zero-order chi connectivity index (χ0) is 21.4. The lowest BCUT2D eigenvalue weighted by atomic mass is 9.74. The highest BCUT2D eigenvalue weighted by molar-refractivity contribution is 5.83. The van der Waals surface area contributed by atoms with Gasteiger partial charge in [0, 0.05) is 11.7 Å². The molecule has 3 nitrogen and oxygen atoms in total. The molecule has 1 N–H and O–H groups in total. The van der Waals surface area contributed by atoms with Crippen molar-refractivity contribution in [3.63, 3.8) is 0 Å². The van der Waals surface area contributed by atoms with Crippen LogP contribution in [0.15, 0.2) is 42.5 Å². The van der Waals surface area contributed by atoms with Gasteiger partial charge in [-0.3, -0.25) is 0 Å². The van der Waals surface area contributed by atoms with Gasteiger partial charge in [-0.05, 0) is 72.8 Å². The van der Waals surface area contributed by atoms with Crippen molar-refractivity contribution in [1.82, 2.24) is 9.55 Å². The van der Waals surface area contributed by atoms with E-state index in [0.29, 0.717) is 23.8 Å². The van der Waals surface area contributed by atoms with Crippen LogP contribution in [0.25, 0.3) is 11.0 Å². The van der Waals surface area contributed by atoms with E-state index in [4.69, 9.17) is 4.98 Å². The second-order valence-electron chi connectivity index (χ2n) is 10.0. The summed E-state index contributed by atoms with van der Waals surface area (Å²) in [5, 5.41) is 3.68. The first-order valence-electron chi connectivity index (χ1n) is 11.7. The maximum absolute atomic E-state index is 5.11. The van der Waals surface area contributed by atoms with Gasteiger partial charge in [0.05, 0.1) is 11.0 Å². The molecule has 3 aromatic rings. The Balaban J connectivity index is 1.80. The molecule has 3 heteroatoms. The summed E-state index contributed by atoms with van der Waals surface area (Å²) < 4.78 is 2.53. The first kappa shape index (κ1) is 21.0. The largest absolute Gasteiger partial charge is 0.326 e. The zero-order valence-electron chi connectivity index (χ0n) is 19.4. The summed E-state index contributed by atoms with van der Waals surface area (Å²) in [5.74, 6) is 3.64. The van der Waals surface area contributed by atoms with Gasteiger partial charge in [0.15, 0.2) is 0 Å². The minimum atomic E-state index is 0.484. The van der Waals surface area contributed by atoms with E-state index in [1.54, 1.807) is 0 Å². The van der Waals surface area contributed by atoms with E-state index in [1.807, 2.05) is 0 Å². The van der Waals surface area contributed by atoms with Crippen molar-refractivity contribution in [2.24, 2.45) is 17.8 Å². The molecule has 0 radical (unpaired) electrons. The van der Waals surface area contributed by atoms with E-state index in [-0.39, 0.29) is 0 Å². The summed E-state index contributed by atoms with van der Waals surface area (Å²) in [6.45, 7) is 13.8. The predicted molar refractivity (Wildman–Crippen MR) is 129 cm³/mol. The Hall–Kier alpha value is -2.29. The summed E-state index contributed by atoms with van der Waals surface area (Å²) in [5.41, 5.74) is 6.11. The molecule has 0 unspecified atom stereocenters. The molecule has 1 aliphatic carbocycles. The third kappa shape index (κ3) is 3.99. The Morgan fingerprint density at radius 3 is 2.40 bits per heavy atom. The van der Waals surface area contributed by atoms with Crippen LogP contribution in [0.3, 0.4) is 0 Å². The quantitative estimate of drug-likeness (QED) is 0.470. The number of hydrogen-bond acceptors (Lipinski definition) is 2. The lowest BCUT2D eigenvalue weighted by Crippen LogP contribution is -2.30. The van der Waals surface area contributed by atoms with Crippen LogP contribution >= 0.6 is 0 Å². The van der Waals surface area contributed by atoms with Gasteiger partial charge in [0.1, 0.15) is 0 Å². The summed E-state index contributed by atoms with van der Waals surface area (Å²) in [6.07, 6.45) is 3.87. The Labute approximate surface area is 181 Å². The normalized spacial score (nSPS) is 22.2. The third-order valence-electron chi connectivity index (χ3n) is 7.07. The number of anilines is 2. The van der Waals surface area contributed by atoms with Gasteiger partial charge >= 0.3 is 0 Å². The Kier molecular flexibility index (Phi) is 5.90. The van der Waals surface area contributed by atoms with E-state index in [0.717, 1.165) is 23.1 Å². The Morgan fingerprint density at radius 2 is 1.73 bits per heavy atom. The van der Waals surface area contributed by atoms with Crippen molar-refractivity contribution < 1.29 is 0 Å². The Morgan fingerprint density at radius 1 is 1.00 bits per heavy atom. The average molecular weight is 404 g/mol. The van der Waals surface area contributed by atoms with Gasteiger partial charge < -0.3 is 9.88 Å². The van der Waals surface area contributed by atoms with Gasteiger partial charge in [-0.2, -0.15) is 0 Å². The van der Waals surface area contributed by atoms with Crippen LogP contribution in [-0.2, 0) is 0 Å². The molecule has 0 saturated heterocycles. The van der Waals surface area contributed by atoms with Gasteiger partial charge in [-0.1, -0.05) is 65.3 Å². The molecule has 30 heavy (non-hydrogen) atoms. The van der Waals surface area contributed by atoms with E-state index in [2.05, 4.69) is 93.9 Å². The molecule has 160 valence electrons. The molecule has 4 rings (SSSR count). The number of nitrogens with zero attached hydrogens (tertiary/aromatic N) is 2. The van der Waals surface area contributed by atoms with Crippen molar-refractivity contribution in [2.75, 3.05) is 5.32 Å². The number of aryl methyl sites for hydroxylation is 1. The highest BCUT2D eigenvalue weighted by atomic mass is 15.2. The summed E-state index contributed by atoms with van der Waals surface area (Å²) >= 11 is 0. The average Bonchev–Trinajstić information content (AvgIpc) is 3.07. The number of rotatable bonds is 5. The number of benzene rings is 2. The molecular weight excluding hydrogens is 366 g/mol. The molecular formula is C27H37N3. The third-order valence-corrected chi connectivity index (χ3v) is 7.07. The molecule has 0 aliphatic heterocycles. The molecule has 0 bridgehead atoms. The van der Waals surface area contributed by atoms with Crippen LogP contribution < -0.4 is 5.32 Å². The summed E-state index contributed by atoms with van der Waals surface area (Å²) in [7, 11) is 0. The smallest absolute Gasteiger partial charge is 0.208 e. The van der Waals surface area contributed by atoms with Crippen LogP contribution in [0.4, 0.5) is 11.6 Å². The minimum Gasteiger partial charge on any atom is -0.326 e. The first-order valence-corrected chi connectivity index (χ1v) is 11.7. The molecule has 1 aliphatic rings. The molecule has 2 aromatic carbocycles. The van der Waals surface area contributed by atoms with E-state index < -0.39 is 0 Å². The van der Waals surface area contributed by atoms with E-state index >= 15 is 0 Å². The van der Waals surface area contributed by atoms with Crippen LogP contribution in [0, 0.1) is 24.7 Å². The van der Waals surface area contributed by atoms with Crippen molar-refractivity contribution in [2.45, 2.75) is 72.8 Å². The monoisotopic (exact) mass is 403 g/mol. The van der Waals surface area contributed by atoms with Crippen LogP contribution in [0.2, 0.25) is 0 Å². The first-order chi connectivity index (χ1) is 14.3. The van der Waals surface area contributed by atoms with Crippen molar-refractivity contribution >= 4 is 22.7 Å². The topological polar surface area (TPSA) is 29.9 Å². The molecule has 1 saturated carbocycles. The zero-order valence-corrected chi connectivity index (χ0v) is 19.4. The predicted octanol–water partition coefficient (Wildman–Crippen LogP) is 7.85. The number of nitrogens with one attached hydrogen (secondary N) is 1. The second-order valence-corrected chi connectivity index (χ2v) is 10.0. The van der Waals surface area contributed by atoms with Crippen molar-refractivity contribution in [3.05, 3.63) is 53.6 Å². The van der Waals surface area contributed by atoms with Crippen LogP contribution in [-0.4, -0.2) is 9.55 Å². The van der Waals surface area contributed by atoms with E-state index in [1.165, 1.54) is 35.9 Å². The minimum absolute atomic E-state index is 0.484. The molecule has 3 atom stereocenters. The van der Waals surface area contributed by atoms with Crippen molar-refractivity contribution in [3.8, 4) is 0 Å². The van der Waals surface area contributed by atoms with Gasteiger partial charge in [-0.15, -0.1) is 0 Å². The number of hydrogen-bond donors (Lipinski definition) is 1. The standard InChI is InChI=1S/C27H37N3/c1-17(2)21-11-13-22(14-12-21)28-27-29-26-20(6)8-7-9-24(26)30(27)25-16-19(5)10-15-23(25)18(3)4/h7-9,11-14,17-19,23,25H,10,15-16H2,1-6H3,(H,28,29)/t19-,23+,25-/m1/s1.